The Hall–Kier alpha value is -1.62. The number of rotatable bonds is 6. The van der Waals surface area contributed by atoms with Crippen molar-refractivity contribution in [1.82, 2.24) is 9.88 Å². The Balaban J connectivity index is 1.87. The van der Waals surface area contributed by atoms with Gasteiger partial charge in [0.25, 0.3) is 5.91 Å². The number of hydrogen-bond donors (Lipinski definition) is 1. The number of aromatic nitrogens is 1. The van der Waals surface area contributed by atoms with Gasteiger partial charge in [-0.25, -0.2) is 4.98 Å². The molecule has 1 saturated heterocycles. The van der Waals surface area contributed by atoms with Gasteiger partial charge in [-0.2, -0.15) is 0 Å². The minimum Gasteiger partial charge on any atom is -0.385 e. The van der Waals surface area contributed by atoms with Gasteiger partial charge >= 0.3 is 0 Å². The number of carbonyl (C=O) groups excluding carboxylic acids is 1. The van der Waals surface area contributed by atoms with E-state index in [4.69, 9.17) is 4.74 Å². The third kappa shape index (κ3) is 4.70. The van der Waals surface area contributed by atoms with Crippen molar-refractivity contribution in [1.29, 1.82) is 0 Å². The fourth-order valence-corrected chi connectivity index (χ4v) is 2.61. The summed E-state index contributed by atoms with van der Waals surface area (Å²) in [5, 5.41) is 3.26. The molecule has 1 atom stereocenters. The first kappa shape index (κ1) is 15.8. The van der Waals surface area contributed by atoms with Crippen molar-refractivity contribution in [2.24, 2.45) is 5.92 Å². The van der Waals surface area contributed by atoms with E-state index < -0.39 is 0 Å². The predicted molar refractivity (Wildman–Crippen MR) is 83.5 cm³/mol. The number of hydrogen-bond acceptors (Lipinski definition) is 4. The summed E-state index contributed by atoms with van der Waals surface area (Å²) in [6.45, 7) is 5.47. The first-order valence-corrected chi connectivity index (χ1v) is 7.69. The molecule has 0 aromatic carbocycles. The second-order valence-corrected chi connectivity index (χ2v) is 5.70. The zero-order valence-corrected chi connectivity index (χ0v) is 13.0. The number of anilines is 1. The second-order valence-electron chi connectivity index (χ2n) is 5.70. The lowest BCUT2D eigenvalue weighted by atomic mass is 10.00. The van der Waals surface area contributed by atoms with Crippen molar-refractivity contribution >= 4 is 11.6 Å². The smallest absolute Gasteiger partial charge is 0.272 e. The summed E-state index contributed by atoms with van der Waals surface area (Å²) in [6.07, 6.45) is 4.98. The Labute approximate surface area is 126 Å². The molecule has 1 aliphatic heterocycles. The molecule has 5 nitrogen and oxygen atoms in total. The van der Waals surface area contributed by atoms with Crippen molar-refractivity contribution in [3.63, 3.8) is 0 Å². The summed E-state index contributed by atoms with van der Waals surface area (Å²) < 4.78 is 5.00. The molecular formula is C16H25N3O2. The molecule has 1 fully saturated rings. The Morgan fingerprint density at radius 3 is 3.05 bits per heavy atom. The van der Waals surface area contributed by atoms with Gasteiger partial charge in [0, 0.05) is 33.4 Å². The van der Waals surface area contributed by atoms with Gasteiger partial charge in [0.2, 0.25) is 0 Å². The Kier molecular flexibility index (Phi) is 5.99. The molecule has 2 heterocycles. The molecule has 2 rings (SSSR count). The van der Waals surface area contributed by atoms with Gasteiger partial charge in [-0.15, -0.1) is 0 Å². The fourth-order valence-electron chi connectivity index (χ4n) is 2.61. The minimum atomic E-state index is 0.0486. The number of methoxy groups -OCH3 is 1. The highest BCUT2D eigenvalue weighted by Gasteiger charge is 2.22. The van der Waals surface area contributed by atoms with Crippen LogP contribution >= 0.6 is 0 Å². The van der Waals surface area contributed by atoms with Crippen molar-refractivity contribution in [3.05, 3.63) is 24.0 Å². The highest BCUT2D eigenvalue weighted by molar-refractivity contribution is 5.92. The van der Waals surface area contributed by atoms with E-state index in [-0.39, 0.29) is 5.91 Å². The van der Waals surface area contributed by atoms with Crippen LogP contribution in [-0.2, 0) is 4.74 Å². The van der Waals surface area contributed by atoms with E-state index in [1.165, 1.54) is 6.42 Å². The van der Waals surface area contributed by atoms with Crippen LogP contribution in [0.5, 0.6) is 0 Å². The van der Waals surface area contributed by atoms with Crippen LogP contribution in [0.4, 0.5) is 5.69 Å². The standard InChI is InChI=1S/C16H25N3O2/c1-13-5-3-9-19(12-13)16(20)15-7-6-14(11-18-15)17-8-4-10-21-2/h6-7,11,13,17H,3-5,8-10,12H2,1-2H3. The van der Waals surface area contributed by atoms with Gasteiger partial charge in [-0.05, 0) is 37.3 Å². The molecular weight excluding hydrogens is 266 g/mol. The lowest BCUT2D eigenvalue weighted by Gasteiger charge is -2.30. The van der Waals surface area contributed by atoms with Crippen LogP contribution in [0.2, 0.25) is 0 Å². The van der Waals surface area contributed by atoms with E-state index in [9.17, 15) is 4.79 Å². The second kappa shape index (κ2) is 7.98. The molecule has 1 aliphatic rings. The zero-order chi connectivity index (χ0) is 15.1. The van der Waals surface area contributed by atoms with Gasteiger partial charge < -0.3 is 15.0 Å². The van der Waals surface area contributed by atoms with Crippen molar-refractivity contribution in [2.45, 2.75) is 26.2 Å². The lowest BCUT2D eigenvalue weighted by molar-refractivity contribution is 0.0677. The number of amides is 1. The van der Waals surface area contributed by atoms with Gasteiger partial charge in [0.05, 0.1) is 11.9 Å². The zero-order valence-electron chi connectivity index (χ0n) is 13.0. The Morgan fingerprint density at radius 1 is 1.52 bits per heavy atom. The number of carbonyl (C=O) groups is 1. The van der Waals surface area contributed by atoms with Crippen molar-refractivity contribution < 1.29 is 9.53 Å². The topological polar surface area (TPSA) is 54.5 Å². The van der Waals surface area contributed by atoms with E-state index in [2.05, 4.69) is 17.2 Å². The first-order valence-electron chi connectivity index (χ1n) is 7.69. The van der Waals surface area contributed by atoms with Gasteiger partial charge in [-0.1, -0.05) is 6.92 Å². The largest absolute Gasteiger partial charge is 0.385 e. The maximum Gasteiger partial charge on any atom is 0.272 e. The number of nitrogens with zero attached hydrogens (tertiary/aromatic N) is 2. The predicted octanol–water partition coefficient (Wildman–Crippen LogP) is 2.40. The van der Waals surface area contributed by atoms with Gasteiger partial charge in [0.15, 0.2) is 0 Å². The molecule has 21 heavy (non-hydrogen) atoms. The number of pyridine rings is 1. The Bertz CT molecular complexity index is 447. The third-order valence-electron chi connectivity index (χ3n) is 3.78. The van der Waals surface area contributed by atoms with Gasteiger partial charge in [-0.3, -0.25) is 4.79 Å². The normalized spacial score (nSPS) is 18.6. The quantitative estimate of drug-likeness (QED) is 0.818. The first-order chi connectivity index (χ1) is 10.2. The van der Waals surface area contributed by atoms with Crippen LogP contribution in [-0.4, -0.2) is 49.1 Å². The van der Waals surface area contributed by atoms with E-state index in [0.717, 1.165) is 44.8 Å². The molecule has 1 aromatic heterocycles. The molecule has 116 valence electrons. The third-order valence-corrected chi connectivity index (χ3v) is 3.78. The molecule has 1 aromatic rings. The maximum atomic E-state index is 12.4. The van der Waals surface area contributed by atoms with E-state index in [1.807, 2.05) is 11.0 Å². The summed E-state index contributed by atoms with van der Waals surface area (Å²) in [6, 6.07) is 3.72. The Morgan fingerprint density at radius 2 is 2.38 bits per heavy atom. The number of ether oxygens (including phenoxy) is 1. The summed E-state index contributed by atoms with van der Waals surface area (Å²) in [5.41, 5.74) is 1.47. The molecule has 1 amide bonds. The number of likely N-dealkylation sites (tertiary alicyclic amines) is 1. The molecule has 0 spiro atoms. The maximum absolute atomic E-state index is 12.4. The summed E-state index contributed by atoms with van der Waals surface area (Å²) in [5.74, 6) is 0.636. The van der Waals surface area contributed by atoms with Crippen LogP contribution in [0.3, 0.4) is 0 Å². The molecule has 1 unspecified atom stereocenters. The van der Waals surface area contributed by atoms with Crippen LogP contribution < -0.4 is 5.32 Å². The molecule has 1 N–H and O–H groups in total. The molecule has 5 heteroatoms. The molecule has 0 aliphatic carbocycles. The average Bonchev–Trinajstić information content (AvgIpc) is 2.51. The lowest BCUT2D eigenvalue weighted by Crippen LogP contribution is -2.39. The van der Waals surface area contributed by atoms with E-state index >= 15 is 0 Å². The fraction of sp³-hybridized carbons (Fsp3) is 0.625. The number of nitrogens with one attached hydrogen (secondary N) is 1. The SMILES string of the molecule is COCCCNc1ccc(C(=O)N2CCCC(C)C2)nc1. The van der Waals surface area contributed by atoms with Gasteiger partial charge in [0.1, 0.15) is 5.69 Å². The minimum absolute atomic E-state index is 0.0486. The highest BCUT2D eigenvalue weighted by Crippen LogP contribution is 2.17. The van der Waals surface area contributed by atoms with Crippen LogP contribution in [0.25, 0.3) is 0 Å². The average molecular weight is 291 g/mol. The van der Waals surface area contributed by atoms with Crippen LogP contribution in [0, 0.1) is 5.92 Å². The van der Waals surface area contributed by atoms with Crippen molar-refractivity contribution in [3.8, 4) is 0 Å². The van der Waals surface area contributed by atoms with Crippen LogP contribution in [0.15, 0.2) is 18.3 Å². The molecule has 0 bridgehead atoms. The van der Waals surface area contributed by atoms with Crippen molar-refractivity contribution in [2.75, 3.05) is 38.7 Å². The van der Waals surface area contributed by atoms with Crippen LogP contribution in [0.1, 0.15) is 36.7 Å². The van der Waals surface area contributed by atoms with E-state index in [1.54, 1.807) is 19.4 Å². The summed E-state index contributed by atoms with van der Waals surface area (Å²) in [4.78, 5) is 18.6. The van der Waals surface area contributed by atoms with E-state index in [0.29, 0.717) is 11.6 Å². The summed E-state index contributed by atoms with van der Waals surface area (Å²) in [7, 11) is 1.70. The number of piperidine rings is 1. The molecule has 0 radical (unpaired) electrons. The monoisotopic (exact) mass is 291 g/mol. The highest BCUT2D eigenvalue weighted by atomic mass is 16.5. The molecule has 0 saturated carbocycles. The summed E-state index contributed by atoms with van der Waals surface area (Å²) >= 11 is 0.